The summed E-state index contributed by atoms with van der Waals surface area (Å²) in [6.45, 7) is 18.5. The Bertz CT molecular complexity index is 2060. The fourth-order valence-corrected chi connectivity index (χ4v) is 8.96. The number of cyclic esters (lactones) is 1. The molecule has 9 amide bonds. The number of hydrogen-bond acceptors (Lipinski definition) is 15. The van der Waals surface area contributed by atoms with Gasteiger partial charge in [-0.25, -0.2) is 4.79 Å². The molecule has 1 heterocycles. The van der Waals surface area contributed by atoms with Crippen molar-refractivity contribution in [2.75, 3.05) is 13.2 Å². The van der Waals surface area contributed by atoms with E-state index in [1.165, 1.54) is 6.92 Å². The number of rotatable bonds is 29. The number of carboxylic acids is 1. The number of aliphatic hydroxyl groups excluding tert-OH is 3. The quantitative estimate of drug-likeness (QED) is 0.0365. The first kappa shape index (κ1) is 73.1. The standard InChI is InChI=1S/C56H99N9O16/c1-13-16-17-18-19-20-21-36(68)27-43(69)57-38(24-30(4)5)49(73)58-37(22-23-44(70)71)48(72)65-47-35(12)81-56(80)46(34(11)15-3)64-53(77)42(29-67)62-50(74)39(25-31(6)7)59-52(76)41(28-66)61-51(75)40(26-32(8)9)60-54(78)45(33(10)14-2)63-55(47)79/h30-42,45-47,66-68H,13-29H2,1-12H3,(H,57,69)(H,58,73)(H,59,76)(H,60,78)(H,61,75)(H,62,74)(H,63,79)(H,64,77)(H,65,72)(H,70,71)/t33?,34?,35?,36-,37+,38-,39-,40-,41+,42+,45+,46-,47+/m0/s1. The molecule has 0 bridgehead atoms. The van der Waals surface area contributed by atoms with E-state index in [1.54, 1.807) is 69.2 Å². The topological polar surface area (TPSA) is 386 Å². The lowest BCUT2D eigenvalue weighted by Gasteiger charge is -2.32. The van der Waals surface area contributed by atoms with Crippen molar-refractivity contribution >= 4 is 65.1 Å². The van der Waals surface area contributed by atoms with Crippen LogP contribution in [0.3, 0.4) is 0 Å². The largest absolute Gasteiger partial charge is 0.481 e. The summed E-state index contributed by atoms with van der Waals surface area (Å²) < 4.78 is 5.85. The molecule has 0 aromatic carbocycles. The number of unbranched alkanes of at least 4 members (excludes halogenated alkanes) is 5. The van der Waals surface area contributed by atoms with Crippen molar-refractivity contribution in [2.45, 2.75) is 246 Å². The molecule has 3 unspecified atom stereocenters. The van der Waals surface area contributed by atoms with Crippen LogP contribution in [0.25, 0.3) is 0 Å². The van der Waals surface area contributed by atoms with Crippen LogP contribution in [0.15, 0.2) is 0 Å². The first-order chi connectivity index (χ1) is 38.0. The summed E-state index contributed by atoms with van der Waals surface area (Å²) in [5, 5.41) is 63.8. The zero-order valence-corrected chi connectivity index (χ0v) is 49.9. The molecule has 0 aromatic heterocycles. The summed E-state index contributed by atoms with van der Waals surface area (Å²) in [6, 6.07) is -14.1. The molecule has 0 aliphatic carbocycles. The van der Waals surface area contributed by atoms with Crippen LogP contribution in [-0.2, 0) is 57.5 Å². The van der Waals surface area contributed by atoms with Crippen LogP contribution >= 0.6 is 0 Å². The second kappa shape index (κ2) is 37.9. The Labute approximate surface area is 478 Å². The van der Waals surface area contributed by atoms with Gasteiger partial charge in [0.05, 0.1) is 25.7 Å². The molecular weight excluding hydrogens is 1050 g/mol. The highest BCUT2D eigenvalue weighted by molar-refractivity contribution is 5.99. The summed E-state index contributed by atoms with van der Waals surface area (Å²) in [6.07, 6.45) is 2.51. The molecule has 1 fully saturated rings. The number of ether oxygens (including phenoxy) is 1. The molecule has 464 valence electrons. The second-order valence-corrected chi connectivity index (χ2v) is 22.9. The van der Waals surface area contributed by atoms with Gasteiger partial charge in [0.15, 0.2) is 0 Å². The van der Waals surface area contributed by atoms with Crippen LogP contribution in [0.4, 0.5) is 0 Å². The molecule has 0 saturated carbocycles. The average Bonchev–Trinajstić information content (AvgIpc) is 3.42. The van der Waals surface area contributed by atoms with Crippen LogP contribution in [-0.4, -0.2) is 165 Å². The van der Waals surface area contributed by atoms with E-state index in [0.717, 1.165) is 32.1 Å². The summed E-state index contributed by atoms with van der Waals surface area (Å²) in [5.41, 5.74) is 0. The minimum atomic E-state index is -1.95. The van der Waals surface area contributed by atoms with Gasteiger partial charge in [-0.2, -0.15) is 0 Å². The highest BCUT2D eigenvalue weighted by Gasteiger charge is 2.41. The van der Waals surface area contributed by atoms with Gasteiger partial charge in [0.2, 0.25) is 53.2 Å². The zero-order chi connectivity index (χ0) is 61.7. The summed E-state index contributed by atoms with van der Waals surface area (Å²) in [7, 11) is 0. The van der Waals surface area contributed by atoms with Crippen molar-refractivity contribution < 1.29 is 77.9 Å². The maximum absolute atomic E-state index is 14.8. The van der Waals surface area contributed by atoms with Crippen molar-refractivity contribution in [3.05, 3.63) is 0 Å². The third kappa shape index (κ3) is 27.1. The lowest BCUT2D eigenvalue weighted by atomic mass is 9.96. The summed E-state index contributed by atoms with van der Waals surface area (Å²) >= 11 is 0. The van der Waals surface area contributed by atoms with E-state index in [2.05, 4.69) is 54.8 Å². The lowest BCUT2D eigenvalue weighted by molar-refractivity contribution is -0.158. The SMILES string of the molecule is CCCCCCCC[C@H](O)CC(=O)N[C@@H](CC(C)C)C(=O)N[C@H](CCC(=O)O)C(=O)N[C@H]1C(=O)N[C@H](C(C)CC)C(=O)N[C@@H](CC(C)C)C(=O)N[C@H](CO)C(=O)N[C@@H](CC(C)C)C(=O)N[C@H](CO)C(=O)N[C@@H](C(C)CC)C(=O)OC1C. The fraction of sp³-hybridized carbons (Fsp3) is 0.804. The molecule has 1 saturated heterocycles. The van der Waals surface area contributed by atoms with E-state index >= 15 is 0 Å². The number of aliphatic carboxylic acids is 1. The lowest BCUT2D eigenvalue weighted by Crippen LogP contribution is -2.64. The molecule has 25 nitrogen and oxygen atoms in total. The van der Waals surface area contributed by atoms with Crippen LogP contribution < -0.4 is 47.9 Å². The molecule has 13 atom stereocenters. The van der Waals surface area contributed by atoms with E-state index < -0.39 is 170 Å². The Balaban J connectivity index is 4.01. The number of carboxylic acid groups (broad SMARTS) is 1. The minimum Gasteiger partial charge on any atom is -0.481 e. The van der Waals surface area contributed by atoms with E-state index in [4.69, 9.17) is 4.74 Å². The molecule has 1 rings (SSSR count). The number of hydrogen-bond donors (Lipinski definition) is 13. The summed E-state index contributed by atoms with van der Waals surface area (Å²) in [5.74, 6) is -13.3. The number of nitrogens with one attached hydrogen (secondary N) is 9. The molecule has 81 heavy (non-hydrogen) atoms. The number of aliphatic hydroxyl groups is 3. The third-order valence-corrected chi connectivity index (χ3v) is 14.2. The van der Waals surface area contributed by atoms with Crippen LogP contribution in [0.2, 0.25) is 0 Å². The second-order valence-electron chi connectivity index (χ2n) is 22.9. The first-order valence-electron chi connectivity index (χ1n) is 29.1. The maximum atomic E-state index is 14.8. The molecule has 1 aliphatic heterocycles. The van der Waals surface area contributed by atoms with E-state index in [1.807, 2.05) is 0 Å². The van der Waals surface area contributed by atoms with Gasteiger partial charge in [-0.15, -0.1) is 0 Å². The van der Waals surface area contributed by atoms with E-state index in [-0.39, 0.29) is 56.3 Å². The maximum Gasteiger partial charge on any atom is 0.329 e. The Hall–Kier alpha value is -5.95. The molecule has 1 aliphatic rings. The van der Waals surface area contributed by atoms with Gasteiger partial charge < -0.3 is 73.0 Å². The Morgan fingerprint density at radius 1 is 0.556 bits per heavy atom. The van der Waals surface area contributed by atoms with E-state index in [0.29, 0.717) is 12.8 Å². The summed E-state index contributed by atoms with van der Waals surface area (Å²) in [4.78, 5) is 153. The van der Waals surface area contributed by atoms with Gasteiger partial charge in [0.1, 0.15) is 60.5 Å². The van der Waals surface area contributed by atoms with Gasteiger partial charge in [0.25, 0.3) is 0 Å². The molecular formula is C56H99N9O16. The molecule has 0 spiro atoms. The number of carbonyl (C=O) groups is 11. The predicted molar refractivity (Wildman–Crippen MR) is 300 cm³/mol. The van der Waals surface area contributed by atoms with Crippen molar-refractivity contribution in [1.29, 1.82) is 0 Å². The molecule has 0 radical (unpaired) electrons. The third-order valence-electron chi connectivity index (χ3n) is 14.2. The molecule has 25 heteroatoms. The van der Waals surface area contributed by atoms with Crippen molar-refractivity contribution in [1.82, 2.24) is 47.9 Å². The number of amides is 9. The monoisotopic (exact) mass is 1150 g/mol. The van der Waals surface area contributed by atoms with Gasteiger partial charge in [-0.1, -0.05) is 128 Å². The van der Waals surface area contributed by atoms with E-state index in [9.17, 15) is 73.2 Å². The highest BCUT2D eigenvalue weighted by Crippen LogP contribution is 2.18. The minimum absolute atomic E-state index is 0.00956. The van der Waals surface area contributed by atoms with Crippen LogP contribution in [0, 0.1) is 29.6 Å². The van der Waals surface area contributed by atoms with Crippen LogP contribution in [0.5, 0.6) is 0 Å². The van der Waals surface area contributed by atoms with Gasteiger partial charge >= 0.3 is 11.9 Å². The van der Waals surface area contributed by atoms with Gasteiger partial charge in [-0.05, 0) is 68.6 Å². The average molecular weight is 1150 g/mol. The molecule has 13 N–H and O–H groups in total. The first-order valence-corrected chi connectivity index (χ1v) is 29.1. The smallest absolute Gasteiger partial charge is 0.329 e. The van der Waals surface area contributed by atoms with Gasteiger partial charge in [-0.3, -0.25) is 47.9 Å². The number of carbonyl (C=O) groups excluding carboxylic acids is 10. The Morgan fingerprint density at radius 3 is 1.52 bits per heavy atom. The van der Waals surface area contributed by atoms with Crippen LogP contribution in [0.1, 0.15) is 179 Å². The van der Waals surface area contributed by atoms with Crippen molar-refractivity contribution in [3.8, 4) is 0 Å². The Kier molecular flexibility index (Phi) is 34.2. The molecule has 0 aromatic rings. The zero-order valence-electron chi connectivity index (χ0n) is 49.9. The van der Waals surface area contributed by atoms with Crippen molar-refractivity contribution in [3.63, 3.8) is 0 Å². The number of esters is 1. The normalized spacial score (nSPS) is 24.0. The van der Waals surface area contributed by atoms with Crippen molar-refractivity contribution in [2.24, 2.45) is 29.6 Å². The predicted octanol–water partition coefficient (Wildman–Crippen LogP) is 0.876. The fourth-order valence-electron chi connectivity index (χ4n) is 8.96. The Morgan fingerprint density at radius 2 is 1.02 bits per heavy atom. The van der Waals surface area contributed by atoms with Gasteiger partial charge in [0, 0.05) is 6.42 Å². The highest BCUT2D eigenvalue weighted by atomic mass is 16.5.